The number of rotatable bonds is 1. The summed E-state index contributed by atoms with van der Waals surface area (Å²) >= 11 is 0. The normalized spacial score (nSPS) is 20.8. The maximum absolute atomic E-state index is 9.33. The van der Waals surface area contributed by atoms with Crippen LogP contribution in [0.3, 0.4) is 0 Å². The maximum Gasteiger partial charge on any atom is 0.134 e. The number of hydrogen-bond donors (Lipinski definition) is 0. The first-order chi connectivity index (χ1) is 8.52. The minimum absolute atomic E-state index is 0.00738. The summed E-state index contributed by atoms with van der Waals surface area (Å²) in [6.45, 7) is 6.16. The molecule has 1 aliphatic carbocycles. The van der Waals surface area contributed by atoms with Gasteiger partial charge in [0.15, 0.2) is 0 Å². The molecule has 0 saturated carbocycles. The summed E-state index contributed by atoms with van der Waals surface area (Å²) in [6.07, 6.45) is 1.45. The second kappa shape index (κ2) is 4.21. The molecule has 0 aromatic rings. The van der Waals surface area contributed by atoms with Crippen molar-refractivity contribution in [2.75, 3.05) is 13.1 Å². The van der Waals surface area contributed by atoms with E-state index in [9.17, 15) is 5.26 Å². The Morgan fingerprint density at radius 1 is 1.11 bits per heavy atom. The lowest BCUT2D eigenvalue weighted by Crippen LogP contribution is -2.24. The van der Waals surface area contributed by atoms with Crippen molar-refractivity contribution in [3.8, 4) is 18.2 Å². The summed E-state index contributed by atoms with van der Waals surface area (Å²) in [4.78, 5) is 2.14. The average molecular weight is 238 g/mol. The van der Waals surface area contributed by atoms with Crippen LogP contribution >= 0.6 is 0 Å². The number of nitriles is 3. The Morgan fingerprint density at radius 3 is 2.17 bits per heavy atom. The predicted octanol–water partition coefficient (Wildman–Crippen LogP) is 2.24. The molecule has 0 aromatic carbocycles. The molecule has 4 nitrogen and oxygen atoms in total. The second-order valence-corrected chi connectivity index (χ2v) is 5.52. The van der Waals surface area contributed by atoms with Crippen LogP contribution < -0.4 is 0 Å². The zero-order chi connectivity index (χ0) is 13.3. The van der Waals surface area contributed by atoms with E-state index in [1.165, 1.54) is 0 Å². The monoisotopic (exact) mass is 238 g/mol. The maximum atomic E-state index is 9.33. The first-order valence-electron chi connectivity index (χ1n) is 5.94. The number of nitrogens with zero attached hydrogens (tertiary/aromatic N) is 4. The fourth-order valence-corrected chi connectivity index (χ4v) is 2.44. The van der Waals surface area contributed by atoms with Crippen molar-refractivity contribution in [1.29, 1.82) is 15.8 Å². The van der Waals surface area contributed by atoms with Gasteiger partial charge in [0.25, 0.3) is 0 Å². The molecule has 90 valence electrons. The van der Waals surface area contributed by atoms with Gasteiger partial charge in [-0.15, -0.1) is 0 Å². The van der Waals surface area contributed by atoms with Crippen molar-refractivity contribution in [2.24, 2.45) is 5.41 Å². The zero-order valence-corrected chi connectivity index (χ0v) is 10.6. The van der Waals surface area contributed by atoms with Gasteiger partial charge in [-0.05, 0) is 18.3 Å². The van der Waals surface area contributed by atoms with Gasteiger partial charge in [-0.25, -0.2) is 0 Å². The van der Waals surface area contributed by atoms with E-state index in [1.807, 2.05) is 12.1 Å². The van der Waals surface area contributed by atoms with E-state index in [0.29, 0.717) is 17.6 Å². The van der Waals surface area contributed by atoms with Gasteiger partial charge in [0.2, 0.25) is 0 Å². The van der Waals surface area contributed by atoms with Crippen molar-refractivity contribution >= 4 is 0 Å². The summed E-state index contributed by atoms with van der Waals surface area (Å²) in [5.74, 6) is 0. The van der Waals surface area contributed by atoms with E-state index in [1.54, 1.807) is 0 Å². The largest absolute Gasteiger partial charge is 0.370 e. The first-order valence-corrected chi connectivity index (χ1v) is 5.94. The Morgan fingerprint density at radius 2 is 1.72 bits per heavy atom. The summed E-state index contributed by atoms with van der Waals surface area (Å²) in [5, 5.41) is 27.4. The van der Waals surface area contributed by atoms with E-state index in [2.05, 4.69) is 24.8 Å². The van der Waals surface area contributed by atoms with Crippen molar-refractivity contribution in [1.82, 2.24) is 4.90 Å². The molecular weight excluding hydrogens is 224 g/mol. The molecule has 0 spiro atoms. The van der Waals surface area contributed by atoms with Gasteiger partial charge < -0.3 is 4.90 Å². The quantitative estimate of drug-likeness (QED) is 0.518. The van der Waals surface area contributed by atoms with E-state index in [0.717, 1.165) is 25.2 Å². The SMILES string of the molecule is CC1(C)CC(=C(C#N)C#N)C(C#N)=C(N2CC2)C1. The Labute approximate surface area is 107 Å². The lowest BCUT2D eigenvalue weighted by molar-refractivity contribution is 0.325. The Hall–Kier alpha value is -2.25. The molecule has 0 bridgehead atoms. The van der Waals surface area contributed by atoms with Gasteiger partial charge in [-0.2, -0.15) is 15.8 Å². The van der Waals surface area contributed by atoms with Crippen molar-refractivity contribution in [2.45, 2.75) is 26.7 Å². The Balaban J connectivity index is 2.62. The van der Waals surface area contributed by atoms with E-state index < -0.39 is 0 Å². The Kier molecular flexibility index (Phi) is 2.85. The van der Waals surface area contributed by atoms with Crippen LogP contribution in [0.2, 0.25) is 0 Å². The highest BCUT2D eigenvalue weighted by Crippen LogP contribution is 2.45. The fourth-order valence-electron chi connectivity index (χ4n) is 2.44. The van der Waals surface area contributed by atoms with Crippen LogP contribution in [0.1, 0.15) is 26.7 Å². The third-order valence-corrected chi connectivity index (χ3v) is 3.36. The highest BCUT2D eigenvalue weighted by atomic mass is 15.3. The standard InChI is InChI=1S/C14H14N4/c1-14(2)5-11(10(7-15)8-16)12(9-17)13(6-14)18-3-4-18/h3-6H2,1-2H3. The van der Waals surface area contributed by atoms with E-state index in [4.69, 9.17) is 10.5 Å². The molecule has 1 saturated heterocycles. The van der Waals surface area contributed by atoms with Crippen molar-refractivity contribution in [3.63, 3.8) is 0 Å². The molecule has 0 N–H and O–H groups in total. The smallest absolute Gasteiger partial charge is 0.134 e. The molecule has 0 atom stereocenters. The van der Waals surface area contributed by atoms with Crippen LogP contribution in [-0.2, 0) is 0 Å². The molecule has 2 rings (SSSR count). The van der Waals surface area contributed by atoms with Gasteiger partial charge in [0.05, 0.1) is 5.57 Å². The third kappa shape index (κ3) is 2.08. The molecule has 0 aromatic heterocycles. The third-order valence-electron chi connectivity index (χ3n) is 3.36. The number of hydrogen-bond acceptors (Lipinski definition) is 4. The van der Waals surface area contributed by atoms with Gasteiger partial charge >= 0.3 is 0 Å². The zero-order valence-electron chi connectivity index (χ0n) is 10.6. The molecule has 4 heteroatoms. The van der Waals surface area contributed by atoms with Crippen LogP contribution in [0.4, 0.5) is 0 Å². The predicted molar refractivity (Wildman–Crippen MR) is 65.5 cm³/mol. The minimum atomic E-state index is -0.00738. The van der Waals surface area contributed by atoms with Gasteiger partial charge in [-0.1, -0.05) is 13.8 Å². The van der Waals surface area contributed by atoms with Crippen LogP contribution in [0.5, 0.6) is 0 Å². The van der Waals surface area contributed by atoms with Crippen molar-refractivity contribution < 1.29 is 0 Å². The second-order valence-electron chi connectivity index (χ2n) is 5.52. The lowest BCUT2D eigenvalue weighted by Gasteiger charge is -2.33. The van der Waals surface area contributed by atoms with E-state index >= 15 is 0 Å². The van der Waals surface area contributed by atoms with Crippen LogP contribution in [-0.4, -0.2) is 18.0 Å². The van der Waals surface area contributed by atoms with Crippen LogP contribution in [0.15, 0.2) is 22.4 Å². The van der Waals surface area contributed by atoms with Crippen LogP contribution in [0, 0.1) is 39.4 Å². The lowest BCUT2D eigenvalue weighted by atomic mass is 9.73. The summed E-state index contributed by atoms with van der Waals surface area (Å²) < 4.78 is 0. The molecular formula is C14H14N4. The summed E-state index contributed by atoms with van der Waals surface area (Å²) in [5.41, 5.74) is 2.25. The van der Waals surface area contributed by atoms with Crippen LogP contribution in [0.25, 0.3) is 0 Å². The molecule has 0 amide bonds. The van der Waals surface area contributed by atoms with Gasteiger partial charge in [0.1, 0.15) is 23.8 Å². The topological polar surface area (TPSA) is 74.4 Å². The highest BCUT2D eigenvalue weighted by Gasteiger charge is 2.37. The molecule has 0 radical (unpaired) electrons. The van der Waals surface area contributed by atoms with Crippen molar-refractivity contribution in [3.05, 3.63) is 22.4 Å². The molecule has 0 unspecified atom stereocenters. The Bertz CT molecular complexity index is 552. The summed E-state index contributed by atoms with van der Waals surface area (Å²) in [6, 6.07) is 6.03. The summed E-state index contributed by atoms with van der Waals surface area (Å²) in [7, 11) is 0. The van der Waals surface area contributed by atoms with E-state index in [-0.39, 0.29) is 11.0 Å². The fraction of sp³-hybridized carbons (Fsp3) is 0.500. The molecule has 1 heterocycles. The number of allylic oxidation sites excluding steroid dienone is 4. The first kappa shape index (κ1) is 12.2. The van der Waals surface area contributed by atoms with Gasteiger partial charge in [0, 0.05) is 24.4 Å². The molecule has 2 aliphatic rings. The van der Waals surface area contributed by atoms with Gasteiger partial charge in [-0.3, -0.25) is 0 Å². The highest BCUT2D eigenvalue weighted by molar-refractivity contribution is 5.57. The molecule has 18 heavy (non-hydrogen) atoms. The minimum Gasteiger partial charge on any atom is -0.370 e. The molecule has 1 aliphatic heterocycles. The average Bonchev–Trinajstić information content (AvgIpc) is 3.12. The molecule has 1 fully saturated rings.